The Hall–Kier alpha value is -2.44. The molecule has 3 heterocycles. The summed E-state index contributed by atoms with van der Waals surface area (Å²) in [6, 6.07) is 2.08. The van der Waals surface area contributed by atoms with E-state index in [0.717, 1.165) is 31.0 Å². The normalized spacial score (nSPS) is 11.2. The lowest BCUT2D eigenvalue weighted by Crippen LogP contribution is -2.25. The van der Waals surface area contributed by atoms with Gasteiger partial charge in [-0.05, 0) is 13.3 Å². The molecule has 0 amide bonds. The molecule has 0 bridgehead atoms. The molecule has 0 saturated heterocycles. The van der Waals surface area contributed by atoms with E-state index < -0.39 is 0 Å². The number of aryl methyl sites for hydroxylation is 2. The first-order chi connectivity index (χ1) is 10.2. The zero-order valence-corrected chi connectivity index (χ0v) is 12.6. The van der Waals surface area contributed by atoms with Crippen molar-refractivity contribution in [3.63, 3.8) is 0 Å². The molecule has 0 N–H and O–H groups in total. The van der Waals surface area contributed by atoms with Crippen LogP contribution in [0.4, 0.5) is 5.82 Å². The van der Waals surface area contributed by atoms with Crippen LogP contribution < -0.4 is 4.90 Å². The minimum Gasteiger partial charge on any atom is -0.352 e. The van der Waals surface area contributed by atoms with E-state index >= 15 is 0 Å². The van der Waals surface area contributed by atoms with E-state index in [1.165, 1.54) is 5.56 Å². The van der Waals surface area contributed by atoms with Crippen LogP contribution in [-0.4, -0.2) is 35.9 Å². The third kappa shape index (κ3) is 2.58. The fourth-order valence-electron chi connectivity index (χ4n) is 2.38. The average Bonchev–Trinajstić information content (AvgIpc) is 3.12. The van der Waals surface area contributed by atoms with Crippen molar-refractivity contribution in [2.24, 2.45) is 7.05 Å². The Labute approximate surface area is 123 Å². The highest BCUT2D eigenvalue weighted by atomic mass is 15.4. The summed E-state index contributed by atoms with van der Waals surface area (Å²) >= 11 is 0. The summed E-state index contributed by atoms with van der Waals surface area (Å²) in [7, 11) is 1.93. The summed E-state index contributed by atoms with van der Waals surface area (Å²) in [4.78, 5) is 11.0. The van der Waals surface area contributed by atoms with Gasteiger partial charge in [-0.3, -0.25) is 4.68 Å². The van der Waals surface area contributed by atoms with Crippen LogP contribution in [0.2, 0.25) is 0 Å². The Morgan fingerprint density at radius 1 is 1.24 bits per heavy atom. The van der Waals surface area contributed by atoms with Crippen LogP contribution in [-0.2, 0) is 20.0 Å². The van der Waals surface area contributed by atoms with Crippen LogP contribution in [0.1, 0.15) is 25.1 Å². The molecule has 3 rings (SSSR count). The van der Waals surface area contributed by atoms with E-state index in [9.17, 15) is 0 Å². The number of rotatable bonds is 5. The van der Waals surface area contributed by atoms with Crippen LogP contribution >= 0.6 is 0 Å². The molecule has 110 valence electrons. The number of hydrogen-bond donors (Lipinski definition) is 0. The summed E-state index contributed by atoms with van der Waals surface area (Å²) in [5.74, 6) is 1.66. The predicted molar refractivity (Wildman–Crippen MR) is 80.1 cm³/mol. The predicted octanol–water partition coefficient (Wildman–Crippen LogP) is 1.45. The second kappa shape index (κ2) is 5.51. The molecule has 0 aliphatic rings. The van der Waals surface area contributed by atoms with Crippen LogP contribution in [0.15, 0.2) is 24.8 Å². The zero-order chi connectivity index (χ0) is 14.8. The monoisotopic (exact) mass is 285 g/mol. The van der Waals surface area contributed by atoms with E-state index in [-0.39, 0.29) is 0 Å². The first-order valence-corrected chi connectivity index (χ1v) is 7.13. The van der Waals surface area contributed by atoms with Gasteiger partial charge < -0.3 is 4.90 Å². The van der Waals surface area contributed by atoms with E-state index in [1.807, 2.05) is 24.1 Å². The molecule has 7 heteroatoms. The zero-order valence-electron chi connectivity index (χ0n) is 12.6. The van der Waals surface area contributed by atoms with Gasteiger partial charge in [0.2, 0.25) is 0 Å². The Morgan fingerprint density at radius 3 is 2.76 bits per heavy atom. The topological polar surface area (TPSA) is 64.1 Å². The van der Waals surface area contributed by atoms with Gasteiger partial charge in [-0.1, -0.05) is 6.92 Å². The molecule has 21 heavy (non-hydrogen) atoms. The molecule has 3 aromatic heterocycles. The molecule has 3 aromatic rings. The molecular weight excluding hydrogens is 266 g/mol. The number of hydrogen-bond acceptors (Lipinski definition) is 5. The van der Waals surface area contributed by atoms with Gasteiger partial charge in [-0.25, -0.2) is 4.98 Å². The summed E-state index contributed by atoms with van der Waals surface area (Å²) in [5, 5.41) is 8.52. The molecule has 0 fully saturated rings. The van der Waals surface area contributed by atoms with Crippen molar-refractivity contribution < 1.29 is 0 Å². The highest BCUT2D eigenvalue weighted by Crippen LogP contribution is 2.18. The highest BCUT2D eigenvalue weighted by molar-refractivity contribution is 5.47. The maximum atomic E-state index is 4.49. The van der Waals surface area contributed by atoms with Crippen molar-refractivity contribution in [3.05, 3.63) is 36.0 Å². The SMILES string of the molecule is CCc1cc(N(CC)Cc2cnn(C)c2)n2ncnc2n1. The molecule has 0 unspecified atom stereocenters. The van der Waals surface area contributed by atoms with Crippen molar-refractivity contribution in [3.8, 4) is 0 Å². The fourth-order valence-corrected chi connectivity index (χ4v) is 2.38. The molecule has 0 aromatic carbocycles. The van der Waals surface area contributed by atoms with E-state index in [2.05, 4.69) is 45.0 Å². The van der Waals surface area contributed by atoms with E-state index in [0.29, 0.717) is 5.78 Å². The van der Waals surface area contributed by atoms with Crippen molar-refractivity contribution in [2.75, 3.05) is 11.4 Å². The standard InChI is InChI=1S/C14H19N7/c1-4-12-6-13(21-14(18-12)15-10-17-21)20(5-2)9-11-7-16-19(3)8-11/h6-8,10H,4-5,9H2,1-3H3. The van der Waals surface area contributed by atoms with Gasteiger partial charge in [0.1, 0.15) is 12.1 Å². The maximum absolute atomic E-state index is 4.49. The van der Waals surface area contributed by atoms with Gasteiger partial charge in [-0.15, -0.1) is 0 Å². The second-order valence-corrected chi connectivity index (χ2v) is 4.97. The second-order valence-electron chi connectivity index (χ2n) is 4.97. The third-order valence-electron chi connectivity index (χ3n) is 3.49. The van der Waals surface area contributed by atoms with Crippen molar-refractivity contribution >= 4 is 11.6 Å². The lowest BCUT2D eigenvalue weighted by molar-refractivity contribution is 0.758. The minimum atomic E-state index is 0.647. The molecule has 0 aliphatic heterocycles. The molecule has 0 spiro atoms. The van der Waals surface area contributed by atoms with E-state index in [4.69, 9.17) is 0 Å². The van der Waals surface area contributed by atoms with Gasteiger partial charge in [0.15, 0.2) is 0 Å². The molecule has 7 nitrogen and oxygen atoms in total. The Morgan fingerprint density at radius 2 is 2.10 bits per heavy atom. The lowest BCUT2D eigenvalue weighted by atomic mass is 10.3. The first-order valence-electron chi connectivity index (χ1n) is 7.13. The van der Waals surface area contributed by atoms with Gasteiger partial charge in [0, 0.05) is 43.7 Å². The lowest BCUT2D eigenvalue weighted by Gasteiger charge is -2.23. The largest absolute Gasteiger partial charge is 0.352 e. The number of aromatic nitrogens is 6. The summed E-state index contributed by atoms with van der Waals surface area (Å²) < 4.78 is 3.61. The van der Waals surface area contributed by atoms with Gasteiger partial charge in [-0.2, -0.15) is 19.7 Å². The molecule has 0 atom stereocenters. The van der Waals surface area contributed by atoms with Crippen molar-refractivity contribution in [1.29, 1.82) is 0 Å². The summed E-state index contributed by atoms with van der Waals surface area (Å²) in [6.45, 7) is 5.88. The minimum absolute atomic E-state index is 0.647. The average molecular weight is 285 g/mol. The third-order valence-corrected chi connectivity index (χ3v) is 3.49. The van der Waals surface area contributed by atoms with Crippen molar-refractivity contribution in [1.82, 2.24) is 29.4 Å². The van der Waals surface area contributed by atoms with Crippen LogP contribution in [0, 0.1) is 0 Å². The van der Waals surface area contributed by atoms with Crippen LogP contribution in [0.25, 0.3) is 5.78 Å². The van der Waals surface area contributed by atoms with Gasteiger partial charge in [0.05, 0.1) is 6.20 Å². The van der Waals surface area contributed by atoms with Gasteiger partial charge in [0.25, 0.3) is 5.78 Å². The quantitative estimate of drug-likeness (QED) is 0.710. The van der Waals surface area contributed by atoms with Crippen LogP contribution in [0.5, 0.6) is 0 Å². The number of nitrogens with zero attached hydrogens (tertiary/aromatic N) is 7. The molecule has 0 aliphatic carbocycles. The fraction of sp³-hybridized carbons (Fsp3) is 0.429. The van der Waals surface area contributed by atoms with Gasteiger partial charge >= 0.3 is 0 Å². The highest BCUT2D eigenvalue weighted by Gasteiger charge is 2.13. The molecule has 0 radical (unpaired) electrons. The Bertz CT molecular complexity index is 743. The Balaban J connectivity index is 2.01. The van der Waals surface area contributed by atoms with Crippen molar-refractivity contribution in [2.45, 2.75) is 26.8 Å². The number of anilines is 1. The smallest absolute Gasteiger partial charge is 0.254 e. The first kappa shape index (κ1) is 13.5. The molecular formula is C14H19N7. The number of fused-ring (bicyclic) bond motifs is 1. The summed E-state index contributed by atoms with van der Waals surface area (Å²) in [6.07, 6.45) is 6.34. The maximum Gasteiger partial charge on any atom is 0.254 e. The molecule has 0 saturated carbocycles. The Kier molecular flexibility index (Phi) is 3.55. The van der Waals surface area contributed by atoms with E-state index in [1.54, 1.807) is 10.8 Å². The summed E-state index contributed by atoms with van der Waals surface area (Å²) in [5.41, 5.74) is 2.19. The van der Waals surface area contributed by atoms with Crippen LogP contribution in [0.3, 0.4) is 0 Å².